The average molecular weight is 343 g/mol. The minimum Gasteiger partial charge on any atom is -0.387 e. The number of hydrogen-bond donors (Lipinski definition) is 1. The fraction of sp³-hybridized carbons (Fsp3) is 0.350. The van der Waals surface area contributed by atoms with Crippen LogP contribution in [0.25, 0.3) is 0 Å². The SMILES string of the molecule is O=C(C[C@@H]1COCCN1C[C@H](O)c1ccc(F)cc1)c1ccccc1. The van der Waals surface area contributed by atoms with Gasteiger partial charge < -0.3 is 9.84 Å². The smallest absolute Gasteiger partial charge is 0.164 e. The molecule has 0 saturated carbocycles. The Morgan fingerprint density at radius 3 is 2.64 bits per heavy atom. The highest BCUT2D eigenvalue weighted by atomic mass is 19.1. The summed E-state index contributed by atoms with van der Waals surface area (Å²) in [6.07, 6.45) is -0.381. The van der Waals surface area contributed by atoms with Crippen LogP contribution in [0.3, 0.4) is 0 Å². The van der Waals surface area contributed by atoms with Gasteiger partial charge in [-0.15, -0.1) is 0 Å². The zero-order chi connectivity index (χ0) is 17.6. The van der Waals surface area contributed by atoms with E-state index in [2.05, 4.69) is 4.90 Å². The van der Waals surface area contributed by atoms with Gasteiger partial charge in [-0.05, 0) is 17.7 Å². The number of benzene rings is 2. The largest absolute Gasteiger partial charge is 0.387 e. The molecule has 25 heavy (non-hydrogen) atoms. The molecule has 0 spiro atoms. The molecule has 0 radical (unpaired) electrons. The summed E-state index contributed by atoms with van der Waals surface area (Å²) in [7, 11) is 0. The topological polar surface area (TPSA) is 49.8 Å². The van der Waals surface area contributed by atoms with Crippen molar-refractivity contribution < 1.29 is 19.0 Å². The highest BCUT2D eigenvalue weighted by Crippen LogP contribution is 2.20. The number of Topliss-reactive ketones (excluding diaryl/α,β-unsaturated/α-hetero) is 1. The molecule has 4 nitrogen and oxygen atoms in total. The van der Waals surface area contributed by atoms with Crippen molar-refractivity contribution in [3.05, 3.63) is 71.5 Å². The van der Waals surface area contributed by atoms with Gasteiger partial charge in [0, 0.05) is 31.1 Å². The van der Waals surface area contributed by atoms with E-state index in [1.54, 1.807) is 12.1 Å². The molecule has 1 N–H and O–H groups in total. The zero-order valence-electron chi connectivity index (χ0n) is 14.0. The maximum Gasteiger partial charge on any atom is 0.164 e. The van der Waals surface area contributed by atoms with E-state index in [9.17, 15) is 14.3 Å². The highest BCUT2D eigenvalue weighted by molar-refractivity contribution is 5.96. The van der Waals surface area contributed by atoms with Gasteiger partial charge in [0.2, 0.25) is 0 Å². The zero-order valence-corrected chi connectivity index (χ0v) is 14.0. The fourth-order valence-electron chi connectivity index (χ4n) is 3.09. The number of halogens is 1. The molecular weight excluding hydrogens is 321 g/mol. The average Bonchev–Trinajstić information content (AvgIpc) is 2.64. The molecule has 1 fully saturated rings. The van der Waals surface area contributed by atoms with E-state index in [0.717, 1.165) is 0 Å². The summed E-state index contributed by atoms with van der Waals surface area (Å²) in [5.74, 6) is -0.258. The van der Waals surface area contributed by atoms with Crippen LogP contribution in [0.5, 0.6) is 0 Å². The summed E-state index contributed by atoms with van der Waals surface area (Å²) in [6, 6.07) is 15.0. The Hall–Kier alpha value is -2.08. The van der Waals surface area contributed by atoms with Gasteiger partial charge in [-0.1, -0.05) is 42.5 Å². The number of aliphatic hydroxyl groups is 1. The quantitative estimate of drug-likeness (QED) is 0.820. The number of hydrogen-bond acceptors (Lipinski definition) is 4. The van der Waals surface area contributed by atoms with Crippen molar-refractivity contribution in [3.63, 3.8) is 0 Å². The van der Waals surface area contributed by atoms with Gasteiger partial charge >= 0.3 is 0 Å². The maximum atomic E-state index is 13.0. The van der Waals surface area contributed by atoms with Crippen LogP contribution in [0.4, 0.5) is 4.39 Å². The molecule has 3 rings (SSSR count). The van der Waals surface area contributed by atoms with Crippen molar-refractivity contribution in [2.45, 2.75) is 18.6 Å². The predicted octanol–water partition coefficient (Wildman–Crippen LogP) is 2.83. The highest BCUT2D eigenvalue weighted by Gasteiger charge is 2.27. The number of morpholine rings is 1. The van der Waals surface area contributed by atoms with E-state index in [4.69, 9.17) is 4.74 Å². The third-order valence-corrected chi connectivity index (χ3v) is 4.53. The van der Waals surface area contributed by atoms with Crippen molar-refractivity contribution >= 4 is 5.78 Å². The Labute approximate surface area is 146 Å². The van der Waals surface area contributed by atoms with Crippen molar-refractivity contribution in [2.75, 3.05) is 26.3 Å². The van der Waals surface area contributed by atoms with E-state index in [1.807, 2.05) is 30.3 Å². The Bertz CT molecular complexity index is 690. The first-order valence-electron chi connectivity index (χ1n) is 8.47. The molecule has 1 aliphatic heterocycles. The van der Waals surface area contributed by atoms with Crippen LogP contribution in [0.2, 0.25) is 0 Å². The maximum absolute atomic E-state index is 13.0. The van der Waals surface area contributed by atoms with Crippen LogP contribution in [0.15, 0.2) is 54.6 Å². The molecule has 0 aliphatic carbocycles. The molecule has 2 atom stereocenters. The molecule has 1 aliphatic rings. The van der Waals surface area contributed by atoms with Crippen molar-refractivity contribution in [1.29, 1.82) is 0 Å². The lowest BCUT2D eigenvalue weighted by molar-refractivity contribution is -0.0272. The van der Waals surface area contributed by atoms with Crippen LogP contribution in [0.1, 0.15) is 28.4 Å². The van der Waals surface area contributed by atoms with E-state index in [0.29, 0.717) is 43.9 Å². The fourth-order valence-corrected chi connectivity index (χ4v) is 3.09. The molecular formula is C20H22FNO3. The van der Waals surface area contributed by atoms with Crippen LogP contribution in [-0.2, 0) is 4.74 Å². The summed E-state index contributed by atoms with van der Waals surface area (Å²) < 4.78 is 18.6. The van der Waals surface area contributed by atoms with Crippen LogP contribution in [0, 0.1) is 5.82 Å². The van der Waals surface area contributed by atoms with E-state index < -0.39 is 6.10 Å². The third-order valence-electron chi connectivity index (χ3n) is 4.53. The minimum atomic E-state index is -0.729. The van der Waals surface area contributed by atoms with E-state index in [-0.39, 0.29) is 17.6 Å². The lowest BCUT2D eigenvalue weighted by atomic mass is 10.0. The van der Waals surface area contributed by atoms with Gasteiger partial charge in [0.05, 0.1) is 19.3 Å². The Morgan fingerprint density at radius 2 is 1.92 bits per heavy atom. The monoisotopic (exact) mass is 343 g/mol. The number of aliphatic hydroxyl groups excluding tert-OH is 1. The molecule has 1 heterocycles. The lowest BCUT2D eigenvalue weighted by Gasteiger charge is -2.36. The van der Waals surface area contributed by atoms with Crippen molar-refractivity contribution in [2.24, 2.45) is 0 Å². The molecule has 2 aromatic carbocycles. The van der Waals surface area contributed by atoms with E-state index >= 15 is 0 Å². The van der Waals surface area contributed by atoms with E-state index in [1.165, 1.54) is 12.1 Å². The molecule has 0 aromatic heterocycles. The third kappa shape index (κ3) is 4.72. The first-order valence-corrected chi connectivity index (χ1v) is 8.47. The number of ether oxygens (including phenoxy) is 1. The second kappa shape index (κ2) is 8.34. The number of ketones is 1. The van der Waals surface area contributed by atoms with Gasteiger partial charge in [-0.3, -0.25) is 9.69 Å². The summed E-state index contributed by atoms with van der Waals surface area (Å²) in [5.41, 5.74) is 1.35. The Morgan fingerprint density at radius 1 is 1.20 bits per heavy atom. The predicted molar refractivity (Wildman–Crippen MR) is 92.9 cm³/mol. The van der Waals surface area contributed by atoms with Crippen LogP contribution in [-0.4, -0.2) is 48.1 Å². The number of rotatable bonds is 6. The number of carbonyl (C=O) groups is 1. The summed E-state index contributed by atoms with van der Waals surface area (Å²) in [5, 5.41) is 10.4. The lowest BCUT2D eigenvalue weighted by Crippen LogP contribution is -2.48. The summed E-state index contributed by atoms with van der Waals surface area (Å²) in [4.78, 5) is 14.5. The summed E-state index contributed by atoms with van der Waals surface area (Å²) >= 11 is 0. The first kappa shape index (κ1) is 17.7. The number of carbonyl (C=O) groups excluding carboxylic acids is 1. The van der Waals surface area contributed by atoms with Crippen molar-refractivity contribution in [3.8, 4) is 0 Å². The second-order valence-corrected chi connectivity index (χ2v) is 6.28. The molecule has 132 valence electrons. The number of nitrogens with zero attached hydrogens (tertiary/aromatic N) is 1. The first-order chi connectivity index (χ1) is 12.1. The summed E-state index contributed by atoms with van der Waals surface area (Å²) in [6.45, 7) is 2.09. The standard InChI is InChI=1S/C20H22FNO3/c21-17-8-6-16(7-9-17)20(24)13-22-10-11-25-14-18(22)12-19(23)15-4-2-1-3-5-15/h1-9,18,20,24H,10-14H2/t18-,20+/m1/s1. The minimum absolute atomic E-state index is 0.0670. The molecule has 2 aromatic rings. The van der Waals surface area contributed by atoms with Gasteiger partial charge in [0.1, 0.15) is 5.82 Å². The molecule has 0 bridgehead atoms. The second-order valence-electron chi connectivity index (χ2n) is 6.28. The Kier molecular flexibility index (Phi) is 5.91. The van der Waals surface area contributed by atoms with Gasteiger partial charge in [-0.25, -0.2) is 4.39 Å². The van der Waals surface area contributed by atoms with Crippen LogP contribution >= 0.6 is 0 Å². The Balaban J connectivity index is 1.64. The number of β-amino-alcohol motifs (C(OH)–C–C–N with tert-alkyl or cyclic N) is 1. The van der Waals surface area contributed by atoms with Crippen molar-refractivity contribution in [1.82, 2.24) is 4.90 Å². The van der Waals surface area contributed by atoms with Gasteiger partial charge in [0.25, 0.3) is 0 Å². The molecule has 0 amide bonds. The van der Waals surface area contributed by atoms with Gasteiger partial charge in [0.15, 0.2) is 5.78 Å². The molecule has 0 unspecified atom stereocenters. The normalized spacial score (nSPS) is 19.5. The van der Waals surface area contributed by atoms with Gasteiger partial charge in [-0.2, -0.15) is 0 Å². The van der Waals surface area contributed by atoms with Crippen LogP contribution < -0.4 is 0 Å². The molecule has 5 heteroatoms. The molecule has 1 saturated heterocycles.